The summed E-state index contributed by atoms with van der Waals surface area (Å²) in [5.74, 6) is -0.174. The Labute approximate surface area is 117 Å². The summed E-state index contributed by atoms with van der Waals surface area (Å²) >= 11 is 0. The van der Waals surface area contributed by atoms with Gasteiger partial charge in [-0.25, -0.2) is 0 Å². The first-order valence-electron chi connectivity index (χ1n) is 6.30. The molecule has 0 fully saturated rings. The van der Waals surface area contributed by atoms with Crippen molar-refractivity contribution in [2.45, 2.75) is 6.54 Å². The lowest BCUT2D eigenvalue weighted by Gasteiger charge is -2.22. The number of ether oxygens (including phenoxy) is 2. The molecule has 7 nitrogen and oxygen atoms in total. The molecule has 0 aliphatic heterocycles. The largest absolute Gasteiger partial charge is 0.398 e. The van der Waals surface area contributed by atoms with Gasteiger partial charge < -0.3 is 24.7 Å². The van der Waals surface area contributed by atoms with Crippen molar-refractivity contribution in [3.63, 3.8) is 0 Å². The first-order valence-corrected chi connectivity index (χ1v) is 6.30. The number of amides is 1. The predicted octanol–water partition coefficient (Wildman–Crippen LogP) is -0.448. The lowest BCUT2D eigenvalue weighted by molar-refractivity contribution is -0.133. The van der Waals surface area contributed by atoms with E-state index in [9.17, 15) is 9.59 Å². The van der Waals surface area contributed by atoms with Crippen molar-refractivity contribution in [3.8, 4) is 0 Å². The summed E-state index contributed by atoms with van der Waals surface area (Å²) in [4.78, 5) is 25.4. The summed E-state index contributed by atoms with van der Waals surface area (Å²) in [5, 5.41) is 0. The molecule has 0 aliphatic carbocycles. The number of carbonyl (C=O) groups excluding carboxylic acids is 1. The van der Waals surface area contributed by atoms with Crippen LogP contribution in [0.2, 0.25) is 0 Å². The van der Waals surface area contributed by atoms with Crippen LogP contribution < -0.4 is 11.3 Å². The fraction of sp³-hybridized carbons (Fsp3) is 0.538. The molecule has 0 aliphatic rings. The van der Waals surface area contributed by atoms with Gasteiger partial charge in [0.2, 0.25) is 5.91 Å². The molecule has 2 N–H and O–H groups in total. The van der Waals surface area contributed by atoms with E-state index in [1.54, 1.807) is 19.1 Å². The van der Waals surface area contributed by atoms with Crippen LogP contribution in [0.4, 0.5) is 5.69 Å². The zero-order valence-electron chi connectivity index (χ0n) is 11.9. The van der Waals surface area contributed by atoms with Gasteiger partial charge in [0.15, 0.2) is 0 Å². The first kappa shape index (κ1) is 16.2. The van der Waals surface area contributed by atoms with Crippen molar-refractivity contribution in [2.24, 2.45) is 0 Å². The van der Waals surface area contributed by atoms with Crippen molar-refractivity contribution >= 4 is 11.6 Å². The zero-order chi connectivity index (χ0) is 15.0. The number of carbonyl (C=O) groups is 1. The maximum absolute atomic E-state index is 12.2. The molecule has 1 aromatic heterocycles. The average molecular weight is 283 g/mol. The topological polar surface area (TPSA) is 86.8 Å². The van der Waals surface area contributed by atoms with Gasteiger partial charge in [-0.15, -0.1) is 0 Å². The number of nitrogen functional groups attached to an aromatic ring is 1. The molecule has 0 saturated heterocycles. The fourth-order valence-corrected chi connectivity index (χ4v) is 1.68. The van der Waals surface area contributed by atoms with Crippen LogP contribution in [0.3, 0.4) is 0 Å². The Balaban J connectivity index is 2.73. The minimum absolute atomic E-state index is 0.0443. The van der Waals surface area contributed by atoms with E-state index >= 15 is 0 Å². The van der Waals surface area contributed by atoms with Crippen molar-refractivity contribution in [2.75, 3.05) is 46.3 Å². The molecule has 1 rings (SSSR count). The van der Waals surface area contributed by atoms with Crippen LogP contribution in [0.1, 0.15) is 0 Å². The molecule has 112 valence electrons. The summed E-state index contributed by atoms with van der Waals surface area (Å²) in [7, 11) is 3.14. The van der Waals surface area contributed by atoms with Crippen LogP contribution in [0.15, 0.2) is 23.1 Å². The van der Waals surface area contributed by atoms with Crippen LogP contribution in [0.25, 0.3) is 0 Å². The van der Waals surface area contributed by atoms with Crippen LogP contribution in [0.5, 0.6) is 0 Å². The highest BCUT2D eigenvalue weighted by Gasteiger charge is 2.14. The smallest absolute Gasteiger partial charge is 0.251 e. The van der Waals surface area contributed by atoms with Gasteiger partial charge in [-0.1, -0.05) is 0 Å². The maximum atomic E-state index is 12.2. The van der Waals surface area contributed by atoms with Gasteiger partial charge in [0.05, 0.1) is 13.2 Å². The molecule has 0 unspecified atom stereocenters. The van der Waals surface area contributed by atoms with Crippen molar-refractivity contribution < 1.29 is 14.3 Å². The van der Waals surface area contributed by atoms with E-state index < -0.39 is 0 Å². The molecule has 7 heteroatoms. The van der Waals surface area contributed by atoms with Crippen LogP contribution in [-0.2, 0) is 20.8 Å². The van der Waals surface area contributed by atoms with Gasteiger partial charge in [-0.2, -0.15) is 0 Å². The third-order valence-corrected chi connectivity index (χ3v) is 2.80. The highest BCUT2D eigenvalue weighted by molar-refractivity contribution is 5.76. The van der Waals surface area contributed by atoms with E-state index in [0.717, 1.165) is 0 Å². The SMILES string of the molecule is COCCN(CCOC)C(=O)Cn1cc(N)ccc1=O. The normalized spacial score (nSPS) is 10.5. The van der Waals surface area contributed by atoms with E-state index in [4.69, 9.17) is 15.2 Å². The van der Waals surface area contributed by atoms with E-state index in [0.29, 0.717) is 32.0 Å². The molecule has 0 bridgehead atoms. The molecular weight excluding hydrogens is 262 g/mol. The van der Waals surface area contributed by atoms with Crippen LogP contribution >= 0.6 is 0 Å². The molecule has 1 aromatic rings. The third-order valence-electron chi connectivity index (χ3n) is 2.80. The minimum Gasteiger partial charge on any atom is -0.398 e. The van der Waals surface area contributed by atoms with Gasteiger partial charge in [0, 0.05) is 45.3 Å². The number of anilines is 1. The molecule has 20 heavy (non-hydrogen) atoms. The van der Waals surface area contributed by atoms with Gasteiger partial charge in [0.25, 0.3) is 5.56 Å². The zero-order valence-corrected chi connectivity index (χ0v) is 11.9. The molecule has 0 atom stereocenters. The maximum Gasteiger partial charge on any atom is 0.251 e. The lowest BCUT2D eigenvalue weighted by atomic mass is 10.4. The fourth-order valence-electron chi connectivity index (χ4n) is 1.68. The van der Waals surface area contributed by atoms with Crippen LogP contribution in [-0.4, -0.2) is 55.9 Å². The molecule has 1 heterocycles. The Bertz CT molecular complexity index is 479. The molecule has 0 spiro atoms. The number of rotatable bonds is 8. The number of nitrogens with two attached hydrogens (primary N) is 1. The summed E-state index contributed by atoms with van der Waals surface area (Å²) in [5.41, 5.74) is 5.80. The number of pyridine rings is 1. The second kappa shape index (κ2) is 8.34. The van der Waals surface area contributed by atoms with Gasteiger partial charge in [0.1, 0.15) is 6.54 Å². The van der Waals surface area contributed by atoms with Gasteiger partial charge in [-0.05, 0) is 6.07 Å². The molecular formula is C13H21N3O4. The average Bonchev–Trinajstić information content (AvgIpc) is 2.43. The summed E-state index contributed by atoms with van der Waals surface area (Å²) < 4.78 is 11.2. The van der Waals surface area contributed by atoms with Crippen molar-refractivity contribution in [3.05, 3.63) is 28.7 Å². The van der Waals surface area contributed by atoms with E-state index in [-0.39, 0.29) is 18.0 Å². The summed E-state index contributed by atoms with van der Waals surface area (Å²) in [6.45, 7) is 1.73. The van der Waals surface area contributed by atoms with E-state index in [1.807, 2.05) is 0 Å². The Morgan fingerprint density at radius 1 is 1.25 bits per heavy atom. The summed E-state index contributed by atoms with van der Waals surface area (Å²) in [6.07, 6.45) is 1.46. The third kappa shape index (κ3) is 5.02. The van der Waals surface area contributed by atoms with Gasteiger partial charge >= 0.3 is 0 Å². The lowest BCUT2D eigenvalue weighted by Crippen LogP contribution is -2.40. The van der Waals surface area contributed by atoms with E-state index in [1.165, 1.54) is 22.9 Å². The second-order valence-corrected chi connectivity index (χ2v) is 4.29. The summed E-state index contributed by atoms with van der Waals surface area (Å²) in [6, 6.07) is 2.86. The highest BCUT2D eigenvalue weighted by atomic mass is 16.5. The minimum atomic E-state index is -0.258. The predicted molar refractivity (Wildman–Crippen MR) is 75.4 cm³/mol. The Morgan fingerprint density at radius 3 is 2.40 bits per heavy atom. The quantitative estimate of drug-likeness (QED) is 0.698. The Kier molecular flexibility index (Phi) is 6.75. The first-order chi connectivity index (χ1) is 9.58. The Morgan fingerprint density at radius 2 is 1.85 bits per heavy atom. The molecule has 0 radical (unpaired) electrons. The highest BCUT2D eigenvalue weighted by Crippen LogP contribution is 1.98. The standard InChI is InChI=1S/C13H21N3O4/c1-19-7-5-15(6-8-20-2)13(18)10-16-9-11(14)3-4-12(16)17/h3-4,9H,5-8,10,14H2,1-2H3. The van der Waals surface area contributed by atoms with Crippen molar-refractivity contribution in [1.82, 2.24) is 9.47 Å². The number of hydrogen-bond donors (Lipinski definition) is 1. The van der Waals surface area contributed by atoms with Crippen LogP contribution in [0, 0.1) is 0 Å². The number of hydrogen-bond acceptors (Lipinski definition) is 5. The second-order valence-electron chi connectivity index (χ2n) is 4.29. The number of aromatic nitrogens is 1. The Hall–Kier alpha value is -1.86. The monoisotopic (exact) mass is 283 g/mol. The number of methoxy groups -OCH3 is 2. The molecule has 0 aromatic carbocycles. The molecule has 0 saturated carbocycles. The van der Waals surface area contributed by atoms with Crippen molar-refractivity contribution in [1.29, 1.82) is 0 Å². The van der Waals surface area contributed by atoms with E-state index in [2.05, 4.69) is 0 Å². The molecule has 1 amide bonds. The van der Waals surface area contributed by atoms with Gasteiger partial charge in [-0.3, -0.25) is 9.59 Å². The number of nitrogens with zero attached hydrogens (tertiary/aromatic N) is 2.